The maximum atomic E-state index is 11.8. The third kappa shape index (κ3) is 1.81. The van der Waals surface area contributed by atoms with Crippen molar-refractivity contribution in [3.05, 3.63) is 22.4 Å². The van der Waals surface area contributed by atoms with Crippen molar-refractivity contribution in [1.82, 2.24) is 0 Å². The molecule has 3 heteroatoms. The zero-order valence-electron chi connectivity index (χ0n) is 7.53. The minimum Gasteiger partial charge on any atom is -0.378 e. The van der Waals surface area contributed by atoms with E-state index in [0.717, 1.165) is 12.0 Å². The molecule has 0 saturated carbocycles. The monoisotopic (exact) mass is 196 g/mol. The summed E-state index contributed by atoms with van der Waals surface area (Å²) in [5.41, 5.74) is 0.840. The lowest BCUT2D eigenvalue weighted by Crippen LogP contribution is -2.13. The molecule has 0 bridgehead atoms. The maximum Gasteiger partial charge on any atom is 0.169 e. The first kappa shape index (κ1) is 8.91. The van der Waals surface area contributed by atoms with Gasteiger partial charge in [0.25, 0.3) is 0 Å². The van der Waals surface area contributed by atoms with Crippen molar-refractivity contribution in [2.45, 2.75) is 19.4 Å². The van der Waals surface area contributed by atoms with Gasteiger partial charge in [-0.3, -0.25) is 4.79 Å². The van der Waals surface area contributed by atoms with Crippen LogP contribution >= 0.6 is 11.3 Å². The Labute approximate surface area is 81.5 Å². The molecule has 1 fully saturated rings. The number of Topliss-reactive ketones (excluding diaryl/α,β-unsaturated/α-hetero) is 1. The molecule has 13 heavy (non-hydrogen) atoms. The van der Waals surface area contributed by atoms with Crippen LogP contribution in [0, 0.1) is 5.92 Å². The van der Waals surface area contributed by atoms with Gasteiger partial charge in [-0.15, -0.1) is 0 Å². The Morgan fingerprint density at radius 3 is 3.08 bits per heavy atom. The summed E-state index contributed by atoms with van der Waals surface area (Å²) < 4.78 is 5.37. The first-order chi connectivity index (χ1) is 6.27. The molecule has 70 valence electrons. The first-order valence-corrected chi connectivity index (χ1v) is 5.39. The number of carbonyl (C=O) groups excluding carboxylic acids is 1. The van der Waals surface area contributed by atoms with Gasteiger partial charge in [-0.25, -0.2) is 0 Å². The largest absolute Gasteiger partial charge is 0.378 e. The lowest BCUT2D eigenvalue weighted by atomic mass is 9.97. The number of carbonyl (C=O) groups is 1. The molecule has 0 aliphatic carbocycles. The minimum absolute atomic E-state index is 0.0876. The molecule has 0 spiro atoms. The minimum atomic E-state index is 0.0876. The Morgan fingerprint density at radius 2 is 2.54 bits per heavy atom. The quantitative estimate of drug-likeness (QED) is 0.679. The van der Waals surface area contributed by atoms with Gasteiger partial charge >= 0.3 is 0 Å². The summed E-state index contributed by atoms with van der Waals surface area (Å²) in [5, 5.41) is 3.85. The molecule has 1 saturated heterocycles. The van der Waals surface area contributed by atoms with Gasteiger partial charge in [0, 0.05) is 16.9 Å². The highest BCUT2D eigenvalue weighted by Gasteiger charge is 2.28. The molecule has 2 unspecified atom stereocenters. The van der Waals surface area contributed by atoms with E-state index in [1.807, 2.05) is 23.8 Å². The summed E-state index contributed by atoms with van der Waals surface area (Å²) in [6.07, 6.45) is 1.11. The van der Waals surface area contributed by atoms with E-state index in [4.69, 9.17) is 4.74 Å². The summed E-state index contributed by atoms with van der Waals surface area (Å²) in [4.78, 5) is 11.8. The zero-order chi connectivity index (χ0) is 9.26. The van der Waals surface area contributed by atoms with Crippen molar-refractivity contribution in [3.8, 4) is 0 Å². The molecule has 2 atom stereocenters. The molecular weight excluding hydrogens is 184 g/mol. The van der Waals surface area contributed by atoms with Gasteiger partial charge in [-0.1, -0.05) is 0 Å². The van der Waals surface area contributed by atoms with Crippen LogP contribution in [-0.2, 0) is 4.74 Å². The third-order valence-electron chi connectivity index (χ3n) is 2.37. The van der Waals surface area contributed by atoms with Gasteiger partial charge in [-0.2, -0.15) is 11.3 Å². The molecule has 2 nitrogen and oxygen atoms in total. The normalized spacial score (nSPS) is 27.8. The Kier molecular flexibility index (Phi) is 2.47. The number of hydrogen-bond donors (Lipinski definition) is 0. The lowest BCUT2D eigenvalue weighted by molar-refractivity contribution is 0.0878. The number of ketones is 1. The van der Waals surface area contributed by atoms with Crippen LogP contribution < -0.4 is 0 Å². The van der Waals surface area contributed by atoms with E-state index in [1.165, 1.54) is 0 Å². The average Bonchev–Trinajstić information content (AvgIpc) is 2.72. The number of rotatable bonds is 2. The second-order valence-corrected chi connectivity index (χ2v) is 4.23. The topological polar surface area (TPSA) is 26.3 Å². The summed E-state index contributed by atoms with van der Waals surface area (Å²) in [6.45, 7) is 2.61. The second kappa shape index (κ2) is 3.60. The fraction of sp³-hybridized carbons (Fsp3) is 0.500. The molecular formula is C10H12O2S. The van der Waals surface area contributed by atoms with Crippen LogP contribution in [0.2, 0.25) is 0 Å². The van der Waals surface area contributed by atoms with Gasteiger partial charge in [0.1, 0.15) is 0 Å². The van der Waals surface area contributed by atoms with Gasteiger partial charge in [-0.05, 0) is 24.8 Å². The van der Waals surface area contributed by atoms with E-state index < -0.39 is 0 Å². The molecule has 0 radical (unpaired) electrons. The Bertz CT molecular complexity index is 292. The first-order valence-electron chi connectivity index (χ1n) is 4.45. The smallest absolute Gasteiger partial charge is 0.169 e. The molecule has 2 heterocycles. The van der Waals surface area contributed by atoms with Gasteiger partial charge in [0.2, 0.25) is 0 Å². The standard InChI is InChI=1S/C10H12O2S/c1-7-4-9(5-12-7)10(11)8-2-3-13-6-8/h2-3,6-7,9H,4-5H2,1H3. The molecule has 1 aliphatic heterocycles. The third-order valence-corrected chi connectivity index (χ3v) is 3.06. The van der Waals surface area contributed by atoms with Crippen LogP contribution in [0.1, 0.15) is 23.7 Å². The van der Waals surface area contributed by atoms with E-state index in [-0.39, 0.29) is 17.8 Å². The van der Waals surface area contributed by atoms with Crippen LogP contribution in [-0.4, -0.2) is 18.5 Å². The van der Waals surface area contributed by atoms with E-state index in [9.17, 15) is 4.79 Å². The van der Waals surface area contributed by atoms with E-state index in [2.05, 4.69) is 0 Å². The van der Waals surface area contributed by atoms with E-state index in [1.54, 1.807) is 11.3 Å². The summed E-state index contributed by atoms with van der Waals surface area (Å²) in [6, 6.07) is 1.88. The van der Waals surface area contributed by atoms with E-state index in [0.29, 0.717) is 6.61 Å². The fourth-order valence-corrected chi connectivity index (χ4v) is 2.29. The van der Waals surface area contributed by atoms with Crippen molar-refractivity contribution in [2.75, 3.05) is 6.61 Å². The molecule has 1 aliphatic rings. The Hall–Kier alpha value is -0.670. The summed E-state index contributed by atoms with van der Waals surface area (Å²) >= 11 is 1.57. The van der Waals surface area contributed by atoms with Crippen LogP contribution in [0.4, 0.5) is 0 Å². The predicted molar refractivity (Wildman–Crippen MR) is 52.2 cm³/mol. The van der Waals surface area contributed by atoms with Crippen molar-refractivity contribution >= 4 is 17.1 Å². The van der Waals surface area contributed by atoms with E-state index >= 15 is 0 Å². The van der Waals surface area contributed by atoms with Gasteiger partial charge in [0.15, 0.2) is 5.78 Å². The number of ether oxygens (including phenoxy) is 1. The SMILES string of the molecule is CC1CC(C(=O)c2ccsc2)CO1. The number of thiophene rings is 1. The Morgan fingerprint density at radius 1 is 1.69 bits per heavy atom. The van der Waals surface area contributed by atoms with Crippen LogP contribution in [0.15, 0.2) is 16.8 Å². The van der Waals surface area contributed by atoms with Crippen molar-refractivity contribution in [3.63, 3.8) is 0 Å². The zero-order valence-corrected chi connectivity index (χ0v) is 8.34. The summed E-state index contributed by atoms with van der Waals surface area (Å²) in [5.74, 6) is 0.329. The average molecular weight is 196 g/mol. The fourth-order valence-electron chi connectivity index (χ4n) is 1.64. The molecule has 0 aromatic carbocycles. The Balaban J connectivity index is 2.06. The van der Waals surface area contributed by atoms with Crippen LogP contribution in [0.5, 0.6) is 0 Å². The summed E-state index contributed by atoms with van der Waals surface area (Å²) in [7, 11) is 0. The predicted octanol–water partition coefficient (Wildman–Crippen LogP) is 2.36. The van der Waals surface area contributed by atoms with Gasteiger partial charge < -0.3 is 4.74 Å². The second-order valence-electron chi connectivity index (χ2n) is 3.45. The molecule has 1 aromatic rings. The molecule has 1 aromatic heterocycles. The highest BCUT2D eigenvalue weighted by atomic mass is 32.1. The van der Waals surface area contributed by atoms with Gasteiger partial charge in [0.05, 0.1) is 12.7 Å². The van der Waals surface area contributed by atoms with Crippen molar-refractivity contribution in [1.29, 1.82) is 0 Å². The van der Waals surface area contributed by atoms with Crippen LogP contribution in [0.25, 0.3) is 0 Å². The molecule has 0 amide bonds. The highest BCUT2D eigenvalue weighted by molar-refractivity contribution is 7.08. The van der Waals surface area contributed by atoms with Crippen LogP contribution in [0.3, 0.4) is 0 Å². The molecule has 0 N–H and O–H groups in total. The highest BCUT2D eigenvalue weighted by Crippen LogP contribution is 2.23. The maximum absolute atomic E-state index is 11.8. The van der Waals surface area contributed by atoms with Crippen molar-refractivity contribution in [2.24, 2.45) is 5.92 Å². The number of hydrogen-bond acceptors (Lipinski definition) is 3. The van der Waals surface area contributed by atoms with Crippen molar-refractivity contribution < 1.29 is 9.53 Å². The molecule has 2 rings (SSSR count). The lowest BCUT2D eigenvalue weighted by Gasteiger charge is -2.03.